The third-order valence-electron chi connectivity index (χ3n) is 3.99. The average molecular weight is 306 g/mol. The topological polar surface area (TPSA) is 63.1 Å². The standard InChI is InChI=1S/C16H23N3O3/c1-13-5-3-4-6-14(13)19-9-7-18(8-10-19)12-15(20)17-11-16(21)22-2/h3-6H,7-12H2,1-2H3,(H,17,20)/p+1. The van der Waals surface area contributed by atoms with Crippen LogP contribution in [-0.4, -0.2) is 58.3 Å². The molecule has 0 spiro atoms. The predicted octanol–water partition coefficient (Wildman–Crippen LogP) is -1.01. The summed E-state index contributed by atoms with van der Waals surface area (Å²) in [6.45, 7) is 6.17. The van der Waals surface area contributed by atoms with Gasteiger partial charge in [0.2, 0.25) is 0 Å². The van der Waals surface area contributed by atoms with Gasteiger partial charge in [0.1, 0.15) is 6.54 Å². The molecule has 1 aliphatic rings. The van der Waals surface area contributed by atoms with Crippen molar-refractivity contribution >= 4 is 17.6 Å². The van der Waals surface area contributed by atoms with Crippen LogP contribution in [0.3, 0.4) is 0 Å². The second-order valence-corrected chi connectivity index (χ2v) is 5.55. The molecule has 0 unspecified atom stereocenters. The van der Waals surface area contributed by atoms with Crippen LogP contribution >= 0.6 is 0 Å². The molecule has 0 radical (unpaired) electrons. The summed E-state index contributed by atoms with van der Waals surface area (Å²) in [5, 5.41) is 2.58. The lowest BCUT2D eigenvalue weighted by molar-refractivity contribution is -0.892. The number of ether oxygens (including phenoxy) is 1. The number of carbonyl (C=O) groups excluding carboxylic acids is 2. The van der Waals surface area contributed by atoms with Crippen molar-refractivity contribution in [3.05, 3.63) is 29.8 Å². The molecule has 22 heavy (non-hydrogen) atoms. The summed E-state index contributed by atoms with van der Waals surface area (Å²) in [5.41, 5.74) is 2.55. The Balaban J connectivity index is 1.76. The van der Waals surface area contributed by atoms with Crippen LogP contribution in [0.25, 0.3) is 0 Å². The number of nitrogens with one attached hydrogen (secondary N) is 2. The summed E-state index contributed by atoms with van der Waals surface area (Å²) in [7, 11) is 1.31. The van der Waals surface area contributed by atoms with E-state index in [1.165, 1.54) is 23.3 Å². The minimum atomic E-state index is -0.423. The third kappa shape index (κ3) is 4.46. The average Bonchev–Trinajstić information content (AvgIpc) is 2.54. The second-order valence-electron chi connectivity index (χ2n) is 5.55. The second kappa shape index (κ2) is 7.79. The fourth-order valence-electron chi connectivity index (χ4n) is 2.69. The minimum absolute atomic E-state index is 0.0576. The van der Waals surface area contributed by atoms with E-state index in [2.05, 4.69) is 40.1 Å². The molecule has 0 atom stereocenters. The number of aryl methyl sites for hydroxylation is 1. The van der Waals surface area contributed by atoms with Crippen molar-refractivity contribution in [2.45, 2.75) is 6.92 Å². The first-order valence-electron chi connectivity index (χ1n) is 7.58. The van der Waals surface area contributed by atoms with Gasteiger partial charge in [0.25, 0.3) is 5.91 Å². The van der Waals surface area contributed by atoms with Crippen LogP contribution in [0.15, 0.2) is 24.3 Å². The van der Waals surface area contributed by atoms with Crippen molar-refractivity contribution in [1.82, 2.24) is 5.32 Å². The van der Waals surface area contributed by atoms with Gasteiger partial charge in [-0.05, 0) is 18.6 Å². The minimum Gasteiger partial charge on any atom is -0.468 e. The summed E-state index contributed by atoms with van der Waals surface area (Å²) in [4.78, 5) is 26.4. The van der Waals surface area contributed by atoms with Gasteiger partial charge < -0.3 is 19.9 Å². The predicted molar refractivity (Wildman–Crippen MR) is 84.0 cm³/mol. The van der Waals surface area contributed by atoms with Crippen LogP contribution in [0.2, 0.25) is 0 Å². The quantitative estimate of drug-likeness (QED) is 0.684. The number of hydrogen-bond donors (Lipinski definition) is 2. The number of hydrogen-bond acceptors (Lipinski definition) is 4. The Morgan fingerprint density at radius 1 is 1.27 bits per heavy atom. The van der Waals surface area contributed by atoms with Gasteiger partial charge in [-0.2, -0.15) is 0 Å². The molecule has 1 amide bonds. The van der Waals surface area contributed by atoms with Gasteiger partial charge in [0.15, 0.2) is 6.54 Å². The van der Waals surface area contributed by atoms with Gasteiger partial charge in [-0.3, -0.25) is 9.59 Å². The fraction of sp³-hybridized carbons (Fsp3) is 0.500. The Labute approximate surface area is 131 Å². The monoisotopic (exact) mass is 306 g/mol. The highest BCUT2D eigenvalue weighted by atomic mass is 16.5. The van der Waals surface area contributed by atoms with Crippen molar-refractivity contribution in [3.63, 3.8) is 0 Å². The molecule has 1 aromatic carbocycles. The summed E-state index contributed by atoms with van der Waals surface area (Å²) < 4.78 is 4.50. The number of esters is 1. The largest absolute Gasteiger partial charge is 0.468 e. The lowest BCUT2D eigenvalue weighted by Crippen LogP contribution is -3.16. The zero-order chi connectivity index (χ0) is 15.9. The number of nitrogens with zero attached hydrogens (tertiary/aromatic N) is 1. The SMILES string of the molecule is COC(=O)CNC(=O)C[NH+]1CCN(c2ccccc2C)CC1. The van der Waals surface area contributed by atoms with E-state index in [1.54, 1.807) is 0 Å². The van der Waals surface area contributed by atoms with Crippen LogP contribution in [0.4, 0.5) is 5.69 Å². The lowest BCUT2D eigenvalue weighted by atomic mass is 10.1. The smallest absolute Gasteiger partial charge is 0.325 e. The van der Waals surface area contributed by atoms with Crippen LogP contribution < -0.4 is 15.1 Å². The molecule has 1 fully saturated rings. The first kappa shape index (κ1) is 16.3. The van der Waals surface area contributed by atoms with E-state index in [4.69, 9.17) is 0 Å². The van der Waals surface area contributed by atoms with E-state index in [9.17, 15) is 9.59 Å². The first-order chi connectivity index (χ1) is 10.6. The molecule has 120 valence electrons. The molecule has 0 saturated carbocycles. The van der Waals surface area contributed by atoms with Crippen molar-refractivity contribution in [1.29, 1.82) is 0 Å². The zero-order valence-electron chi connectivity index (χ0n) is 13.2. The number of quaternary nitrogens is 1. The van der Waals surface area contributed by atoms with Gasteiger partial charge in [-0.25, -0.2) is 0 Å². The molecule has 1 aliphatic heterocycles. The molecule has 1 aromatic rings. The molecule has 2 rings (SSSR count). The van der Waals surface area contributed by atoms with Crippen LogP contribution in [0.5, 0.6) is 0 Å². The Morgan fingerprint density at radius 2 is 1.95 bits per heavy atom. The number of anilines is 1. The highest BCUT2D eigenvalue weighted by molar-refractivity contribution is 5.82. The van der Waals surface area contributed by atoms with E-state index in [1.807, 2.05) is 6.07 Å². The number of piperazine rings is 1. The number of methoxy groups -OCH3 is 1. The zero-order valence-corrected chi connectivity index (χ0v) is 13.2. The van der Waals surface area contributed by atoms with Gasteiger partial charge in [0, 0.05) is 5.69 Å². The Hall–Kier alpha value is -2.08. The van der Waals surface area contributed by atoms with E-state index in [0.717, 1.165) is 26.2 Å². The summed E-state index contributed by atoms with van der Waals surface area (Å²) in [6, 6.07) is 8.37. The van der Waals surface area contributed by atoms with Crippen LogP contribution in [0, 0.1) is 6.92 Å². The molecular formula is C16H24N3O3+. The lowest BCUT2D eigenvalue weighted by Gasteiger charge is -2.34. The number of para-hydroxylation sites is 1. The van der Waals surface area contributed by atoms with E-state index in [0.29, 0.717) is 6.54 Å². The molecule has 0 aliphatic carbocycles. The number of rotatable bonds is 5. The van der Waals surface area contributed by atoms with Gasteiger partial charge in [-0.1, -0.05) is 18.2 Å². The highest BCUT2D eigenvalue weighted by Crippen LogP contribution is 2.18. The van der Waals surface area contributed by atoms with E-state index < -0.39 is 5.97 Å². The number of benzene rings is 1. The maximum absolute atomic E-state index is 11.8. The normalized spacial score (nSPS) is 15.5. The molecule has 1 saturated heterocycles. The molecular weight excluding hydrogens is 282 g/mol. The van der Waals surface area contributed by atoms with E-state index in [-0.39, 0.29) is 12.5 Å². The summed E-state index contributed by atoms with van der Waals surface area (Å²) in [6.07, 6.45) is 0. The van der Waals surface area contributed by atoms with Crippen LogP contribution in [-0.2, 0) is 14.3 Å². The first-order valence-corrected chi connectivity index (χ1v) is 7.58. The van der Waals surface area contributed by atoms with Gasteiger partial charge in [-0.15, -0.1) is 0 Å². The van der Waals surface area contributed by atoms with Crippen LogP contribution in [0.1, 0.15) is 5.56 Å². The van der Waals surface area contributed by atoms with E-state index >= 15 is 0 Å². The number of carbonyl (C=O) groups is 2. The summed E-state index contributed by atoms with van der Waals surface area (Å²) >= 11 is 0. The fourth-order valence-corrected chi connectivity index (χ4v) is 2.69. The van der Waals surface area contributed by atoms with Gasteiger partial charge in [0.05, 0.1) is 33.3 Å². The molecule has 1 heterocycles. The van der Waals surface area contributed by atoms with Crippen molar-refractivity contribution < 1.29 is 19.2 Å². The maximum atomic E-state index is 11.8. The molecule has 6 nitrogen and oxygen atoms in total. The highest BCUT2D eigenvalue weighted by Gasteiger charge is 2.23. The van der Waals surface area contributed by atoms with Crippen molar-refractivity contribution in [2.24, 2.45) is 0 Å². The third-order valence-corrected chi connectivity index (χ3v) is 3.99. The van der Waals surface area contributed by atoms with Crippen molar-refractivity contribution in [2.75, 3.05) is 51.3 Å². The molecule has 2 N–H and O–H groups in total. The maximum Gasteiger partial charge on any atom is 0.325 e. The van der Waals surface area contributed by atoms with Gasteiger partial charge >= 0.3 is 5.97 Å². The Morgan fingerprint density at radius 3 is 2.59 bits per heavy atom. The molecule has 6 heteroatoms. The number of amides is 1. The molecule has 0 aromatic heterocycles. The van der Waals surface area contributed by atoms with Crippen molar-refractivity contribution in [3.8, 4) is 0 Å². The summed E-state index contributed by atoms with van der Waals surface area (Å²) in [5.74, 6) is -0.530. The molecule has 0 bridgehead atoms. The Kier molecular flexibility index (Phi) is 5.77. The Bertz CT molecular complexity index is 525.